The third kappa shape index (κ3) is 18.4. The molecule has 0 spiro atoms. The second kappa shape index (κ2) is 13.9. The van der Waals surface area contributed by atoms with E-state index in [1.165, 1.54) is 6.42 Å². The molecule has 0 unspecified atom stereocenters. The van der Waals surface area contributed by atoms with Crippen LogP contribution in [0.5, 0.6) is 0 Å². The summed E-state index contributed by atoms with van der Waals surface area (Å²) in [5, 5.41) is 0. The molecule has 0 bridgehead atoms. The van der Waals surface area contributed by atoms with Gasteiger partial charge in [-0.25, -0.2) is 0 Å². The van der Waals surface area contributed by atoms with Gasteiger partial charge in [-0.2, -0.15) is 0 Å². The molecule has 13 heavy (non-hydrogen) atoms. The zero-order valence-corrected chi connectivity index (χ0v) is 9.14. The van der Waals surface area contributed by atoms with E-state index in [0.29, 0.717) is 19.6 Å². The highest BCUT2D eigenvalue weighted by atomic mass is 16.5. The Hall–Kier alpha value is -0.610. The first-order chi connectivity index (χ1) is 6.22. The Morgan fingerprint density at radius 2 is 1.85 bits per heavy atom. The van der Waals surface area contributed by atoms with Gasteiger partial charge in [-0.15, -0.1) is 0 Å². The molecule has 0 aliphatic heterocycles. The predicted molar refractivity (Wildman–Crippen MR) is 54.3 cm³/mol. The molecule has 0 aromatic rings. The molecule has 2 N–H and O–H groups in total. The number of nitrogens with one attached hydrogen (secondary N) is 2. The molecule has 0 saturated heterocycles. The Balaban J connectivity index is 0. The molecule has 4 heteroatoms. The van der Waals surface area contributed by atoms with Gasteiger partial charge in [0.05, 0.1) is 13.0 Å². The minimum absolute atomic E-state index is 0.162. The minimum atomic E-state index is -0.162. The van der Waals surface area contributed by atoms with Crippen LogP contribution in [0.15, 0.2) is 0 Å². The first kappa shape index (κ1) is 14.9. The van der Waals surface area contributed by atoms with Crippen LogP contribution in [0.2, 0.25) is 0 Å². The number of hydrogen-bond donors (Lipinski definition) is 2. The summed E-state index contributed by atoms with van der Waals surface area (Å²) in [7, 11) is 1.76. The van der Waals surface area contributed by atoms with Gasteiger partial charge in [0.1, 0.15) is 0 Å². The summed E-state index contributed by atoms with van der Waals surface area (Å²) < 4.78 is 4.68. The van der Waals surface area contributed by atoms with Gasteiger partial charge in [-0.1, -0.05) is 20.3 Å². The van der Waals surface area contributed by atoms with E-state index in [-0.39, 0.29) is 5.97 Å². The summed E-state index contributed by atoms with van der Waals surface area (Å²) >= 11 is 0. The molecule has 0 aliphatic carbocycles. The van der Waals surface area contributed by atoms with E-state index >= 15 is 0 Å². The van der Waals surface area contributed by atoms with Crippen LogP contribution >= 0.6 is 0 Å². The van der Waals surface area contributed by atoms with Crippen LogP contribution in [0.4, 0.5) is 0 Å². The van der Waals surface area contributed by atoms with E-state index < -0.39 is 0 Å². The highest BCUT2D eigenvalue weighted by Gasteiger charge is 1.98. The van der Waals surface area contributed by atoms with Crippen molar-refractivity contribution >= 4 is 5.97 Å². The molecule has 0 fully saturated rings. The molecule has 0 radical (unpaired) electrons. The van der Waals surface area contributed by atoms with Gasteiger partial charge >= 0.3 is 5.97 Å². The van der Waals surface area contributed by atoms with Crippen molar-refractivity contribution in [3.63, 3.8) is 0 Å². The molecule has 0 amide bonds. The fraction of sp³-hybridized carbons (Fsp3) is 0.889. The molecule has 0 aromatic heterocycles. The van der Waals surface area contributed by atoms with E-state index in [2.05, 4.69) is 29.4 Å². The molecular formula is C9H22N2O2. The molecular weight excluding hydrogens is 168 g/mol. The number of hydrogen-bond acceptors (Lipinski definition) is 4. The van der Waals surface area contributed by atoms with Crippen LogP contribution in [0.25, 0.3) is 0 Å². The van der Waals surface area contributed by atoms with Gasteiger partial charge in [0.15, 0.2) is 0 Å². The largest absolute Gasteiger partial charge is 0.466 e. The average Bonchev–Trinajstić information content (AvgIpc) is 2.07. The van der Waals surface area contributed by atoms with Crippen LogP contribution in [-0.2, 0) is 9.53 Å². The summed E-state index contributed by atoms with van der Waals surface area (Å²) in [5.41, 5.74) is 5.49. The predicted octanol–water partition coefficient (Wildman–Crippen LogP) is 1.08. The molecule has 0 saturated carbocycles. The van der Waals surface area contributed by atoms with Crippen molar-refractivity contribution in [3.8, 4) is 0 Å². The Morgan fingerprint density at radius 3 is 2.23 bits per heavy atom. The van der Waals surface area contributed by atoms with E-state index in [1.54, 1.807) is 14.0 Å². The molecule has 4 nitrogen and oxygen atoms in total. The lowest BCUT2D eigenvalue weighted by atomic mass is 10.4. The topological polar surface area (TPSA) is 50.4 Å². The Morgan fingerprint density at radius 1 is 1.31 bits per heavy atom. The normalized spacial score (nSPS) is 8.62. The van der Waals surface area contributed by atoms with Crippen LogP contribution in [0.1, 0.15) is 33.6 Å². The number of hydrazine groups is 1. The molecule has 0 heterocycles. The summed E-state index contributed by atoms with van der Waals surface area (Å²) in [6.07, 6.45) is 1.66. The number of ether oxygens (including phenoxy) is 1. The van der Waals surface area contributed by atoms with E-state index in [4.69, 9.17) is 0 Å². The van der Waals surface area contributed by atoms with Gasteiger partial charge in [0.25, 0.3) is 0 Å². The number of carbonyl (C=O) groups is 1. The number of carbonyl (C=O) groups excluding carboxylic acids is 1. The van der Waals surface area contributed by atoms with Gasteiger partial charge in [-0.05, 0) is 14.0 Å². The lowest BCUT2D eigenvalue weighted by Crippen LogP contribution is -2.30. The Kier molecular flexibility index (Phi) is 16.0. The maximum Gasteiger partial charge on any atom is 0.307 e. The van der Waals surface area contributed by atoms with Crippen LogP contribution in [0, 0.1) is 0 Å². The van der Waals surface area contributed by atoms with E-state index in [0.717, 1.165) is 0 Å². The maximum absolute atomic E-state index is 10.6. The Labute approximate surface area is 81.0 Å². The highest BCUT2D eigenvalue weighted by Crippen LogP contribution is 1.82. The average molecular weight is 190 g/mol. The van der Waals surface area contributed by atoms with Crippen molar-refractivity contribution in [2.24, 2.45) is 0 Å². The van der Waals surface area contributed by atoms with E-state index in [1.807, 2.05) is 0 Å². The van der Waals surface area contributed by atoms with Crippen molar-refractivity contribution < 1.29 is 9.53 Å². The smallest absolute Gasteiger partial charge is 0.307 e. The molecule has 80 valence electrons. The second-order valence-corrected chi connectivity index (χ2v) is 2.44. The molecule has 0 atom stereocenters. The SMILES string of the molecule is CCC.CCOC(=O)CCNNC. The van der Waals surface area contributed by atoms with Gasteiger partial charge < -0.3 is 4.74 Å². The fourth-order valence-corrected chi connectivity index (χ4v) is 0.523. The van der Waals surface area contributed by atoms with Gasteiger partial charge in [0.2, 0.25) is 0 Å². The quantitative estimate of drug-likeness (QED) is 0.387. The van der Waals surface area contributed by atoms with Crippen molar-refractivity contribution in [3.05, 3.63) is 0 Å². The Bertz CT molecular complexity index is 108. The summed E-state index contributed by atoms with van der Waals surface area (Å²) in [5.74, 6) is -0.162. The fourth-order valence-electron chi connectivity index (χ4n) is 0.523. The lowest BCUT2D eigenvalue weighted by Gasteiger charge is -2.01. The number of esters is 1. The lowest BCUT2D eigenvalue weighted by molar-refractivity contribution is -0.143. The van der Waals surface area contributed by atoms with Crippen molar-refractivity contribution in [2.45, 2.75) is 33.6 Å². The van der Waals surface area contributed by atoms with Crippen LogP contribution in [0.3, 0.4) is 0 Å². The number of rotatable bonds is 5. The third-order valence-electron chi connectivity index (χ3n) is 0.936. The first-order valence-electron chi connectivity index (χ1n) is 4.78. The molecule has 0 aliphatic rings. The summed E-state index contributed by atoms with van der Waals surface area (Å²) in [6, 6.07) is 0. The zero-order valence-electron chi connectivity index (χ0n) is 9.14. The van der Waals surface area contributed by atoms with Crippen LogP contribution < -0.4 is 10.9 Å². The first-order valence-corrected chi connectivity index (χ1v) is 4.78. The third-order valence-corrected chi connectivity index (χ3v) is 0.936. The molecule has 0 aromatic carbocycles. The van der Waals surface area contributed by atoms with Crippen LogP contribution in [-0.4, -0.2) is 26.2 Å². The zero-order chi connectivity index (χ0) is 10.5. The highest BCUT2D eigenvalue weighted by molar-refractivity contribution is 5.69. The van der Waals surface area contributed by atoms with Crippen molar-refractivity contribution in [1.82, 2.24) is 10.9 Å². The van der Waals surface area contributed by atoms with Crippen molar-refractivity contribution in [2.75, 3.05) is 20.2 Å². The summed E-state index contributed by atoms with van der Waals surface area (Å²) in [6.45, 7) is 7.11. The minimum Gasteiger partial charge on any atom is -0.466 e. The maximum atomic E-state index is 10.6. The van der Waals surface area contributed by atoms with E-state index in [9.17, 15) is 4.79 Å². The standard InChI is InChI=1S/C6H14N2O2.C3H8/c1-3-10-6(9)4-5-8-7-2;1-3-2/h7-8H,3-5H2,1-2H3;3H2,1-2H3. The van der Waals surface area contributed by atoms with Gasteiger partial charge in [0, 0.05) is 6.54 Å². The van der Waals surface area contributed by atoms with Crippen molar-refractivity contribution in [1.29, 1.82) is 0 Å². The second-order valence-electron chi connectivity index (χ2n) is 2.44. The monoisotopic (exact) mass is 190 g/mol. The summed E-state index contributed by atoms with van der Waals surface area (Å²) in [4.78, 5) is 10.6. The van der Waals surface area contributed by atoms with Gasteiger partial charge in [-0.3, -0.25) is 15.6 Å². The molecule has 0 rings (SSSR count).